The molecule has 0 unspecified atom stereocenters. The topological polar surface area (TPSA) is 78.9 Å². The Hall–Kier alpha value is -5.23. The van der Waals surface area contributed by atoms with Crippen LogP contribution in [0.25, 0.3) is 21.9 Å². The van der Waals surface area contributed by atoms with Crippen LogP contribution in [-0.4, -0.2) is 38.7 Å². The van der Waals surface area contributed by atoms with Crippen LogP contribution in [0.5, 0.6) is 17.2 Å². The summed E-state index contributed by atoms with van der Waals surface area (Å²) in [5.74, 6) is 2.70. The number of methoxy groups -OCH3 is 3. The van der Waals surface area contributed by atoms with Crippen molar-refractivity contribution in [2.45, 2.75) is 35.6 Å². The van der Waals surface area contributed by atoms with Crippen molar-refractivity contribution < 1.29 is 28.6 Å². The van der Waals surface area contributed by atoms with E-state index in [2.05, 4.69) is 0 Å². The summed E-state index contributed by atoms with van der Waals surface area (Å²) in [6.45, 7) is 4.69. The lowest BCUT2D eigenvalue weighted by atomic mass is 10.0. The molecule has 0 spiro atoms. The molecule has 6 nitrogen and oxygen atoms in total. The average Bonchev–Trinajstić information content (AvgIpc) is 3.04. The monoisotopic (exact) mass is 608 g/mol. The van der Waals surface area contributed by atoms with Crippen LogP contribution < -0.4 is 14.2 Å². The molecule has 0 fully saturated rings. The lowest BCUT2D eigenvalue weighted by molar-refractivity contribution is 0.100. The molecular formula is C39H44O6. The van der Waals surface area contributed by atoms with Gasteiger partial charge < -0.3 is 14.2 Å². The summed E-state index contributed by atoms with van der Waals surface area (Å²) in [6.07, 6.45) is 0. The molecule has 0 aliphatic carbocycles. The first kappa shape index (κ1) is 37.8. The van der Waals surface area contributed by atoms with E-state index in [1.54, 1.807) is 66.4 Å². The van der Waals surface area contributed by atoms with E-state index in [1.165, 1.54) is 0 Å². The van der Waals surface area contributed by atoms with Crippen LogP contribution in [0.4, 0.5) is 0 Å². The molecule has 0 saturated heterocycles. The van der Waals surface area contributed by atoms with Gasteiger partial charge in [-0.15, -0.1) is 0 Å². The Morgan fingerprint density at radius 2 is 0.711 bits per heavy atom. The van der Waals surface area contributed by atoms with Crippen molar-refractivity contribution in [3.05, 3.63) is 126 Å². The Labute approximate surface area is 267 Å². The van der Waals surface area contributed by atoms with E-state index < -0.39 is 0 Å². The van der Waals surface area contributed by atoms with Crippen LogP contribution in [0.1, 0.15) is 66.7 Å². The highest BCUT2D eigenvalue weighted by Gasteiger charge is 2.03. The lowest BCUT2D eigenvalue weighted by Gasteiger charge is -2.04. The predicted molar refractivity (Wildman–Crippen MR) is 185 cm³/mol. The fourth-order valence-electron chi connectivity index (χ4n) is 4.08. The quantitative estimate of drug-likeness (QED) is 0.171. The Kier molecular flexibility index (Phi) is 15.5. The summed E-state index contributed by atoms with van der Waals surface area (Å²) in [5.41, 5.74) is 4.40. The molecule has 0 radical (unpaired) electrons. The summed E-state index contributed by atoms with van der Waals surface area (Å²) in [7, 11) is 4.89. The highest BCUT2D eigenvalue weighted by atomic mass is 16.5. The number of carbonyl (C=O) groups is 3. The Bertz CT molecular complexity index is 1670. The highest BCUT2D eigenvalue weighted by Crippen LogP contribution is 2.23. The summed E-state index contributed by atoms with van der Waals surface area (Å²) in [5, 5.41) is 2.14. The molecule has 0 heterocycles. The number of Topliss-reactive ketones (excluding diaryl/α,β-unsaturated/α-hetero) is 3. The molecular weight excluding hydrogens is 564 g/mol. The number of hydrogen-bond donors (Lipinski definition) is 0. The third-order valence-corrected chi connectivity index (χ3v) is 6.67. The van der Waals surface area contributed by atoms with Crippen molar-refractivity contribution in [3.8, 4) is 28.4 Å². The molecule has 45 heavy (non-hydrogen) atoms. The smallest absolute Gasteiger partial charge is 0.159 e. The van der Waals surface area contributed by atoms with Crippen LogP contribution in [0.3, 0.4) is 0 Å². The van der Waals surface area contributed by atoms with Gasteiger partial charge in [-0.05, 0) is 97.3 Å². The SMILES string of the molecule is C.C.COc1ccc(-c2ccc(C(C)=O)cc2)cc1.COc1ccc(C(C)=O)cc1.COc1ccc2cc(C(C)=O)ccc2c1. The third-order valence-electron chi connectivity index (χ3n) is 6.67. The zero-order valence-electron chi connectivity index (χ0n) is 25.3. The maximum absolute atomic E-state index is 11.2. The Morgan fingerprint density at radius 3 is 1.13 bits per heavy atom. The second kappa shape index (κ2) is 18.4. The van der Waals surface area contributed by atoms with Crippen molar-refractivity contribution in [1.29, 1.82) is 0 Å². The number of benzene rings is 5. The first-order valence-corrected chi connectivity index (χ1v) is 13.6. The number of rotatable bonds is 7. The molecule has 5 rings (SSSR count). The third kappa shape index (κ3) is 11.1. The van der Waals surface area contributed by atoms with Crippen LogP contribution >= 0.6 is 0 Å². The fourth-order valence-corrected chi connectivity index (χ4v) is 4.08. The Morgan fingerprint density at radius 1 is 0.400 bits per heavy atom. The van der Waals surface area contributed by atoms with Gasteiger partial charge in [0.2, 0.25) is 0 Å². The van der Waals surface area contributed by atoms with Crippen LogP contribution in [0.15, 0.2) is 109 Å². The highest BCUT2D eigenvalue weighted by molar-refractivity contribution is 5.98. The minimum absolute atomic E-state index is 0. The van der Waals surface area contributed by atoms with Gasteiger partial charge >= 0.3 is 0 Å². The second-order valence-electron chi connectivity index (χ2n) is 9.63. The van der Waals surface area contributed by atoms with Gasteiger partial charge in [0, 0.05) is 16.7 Å². The number of ether oxygens (including phenoxy) is 3. The summed E-state index contributed by atoms with van der Waals surface area (Å²) >= 11 is 0. The molecule has 6 heteroatoms. The van der Waals surface area contributed by atoms with E-state index >= 15 is 0 Å². The van der Waals surface area contributed by atoms with Crippen molar-refractivity contribution in [2.24, 2.45) is 0 Å². The van der Waals surface area contributed by atoms with E-state index in [-0.39, 0.29) is 32.2 Å². The minimum Gasteiger partial charge on any atom is -0.497 e. The van der Waals surface area contributed by atoms with E-state index in [9.17, 15) is 14.4 Å². The molecule has 0 atom stereocenters. The van der Waals surface area contributed by atoms with Gasteiger partial charge in [-0.1, -0.05) is 69.5 Å². The Balaban J connectivity index is 0.000000337. The van der Waals surface area contributed by atoms with E-state index in [1.807, 2.05) is 84.9 Å². The number of fused-ring (bicyclic) bond motifs is 1. The summed E-state index contributed by atoms with van der Waals surface area (Å²) in [4.78, 5) is 33.2. The number of ketones is 3. The van der Waals surface area contributed by atoms with Gasteiger partial charge in [-0.2, -0.15) is 0 Å². The maximum atomic E-state index is 11.2. The van der Waals surface area contributed by atoms with Crippen LogP contribution in [0.2, 0.25) is 0 Å². The molecule has 0 saturated carbocycles. The maximum Gasteiger partial charge on any atom is 0.159 e. The second-order valence-corrected chi connectivity index (χ2v) is 9.63. The van der Waals surface area contributed by atoms with Gasteiger partial charge in [0.05, 0.1) is 21.3 Å². The minimum atomic E-state index is 0. The molecule has 0 amide bonds. The lowest BCUT2D eigenvalue weighted by Crippen LogP contribution is -1.91. The molecule has 5 aromatic rings. The predicted octanol–water partition coefficient (Wildman–Crippen LogP) is 9.79. The van der Waals surface area contributed by atoms with Crippen molar-refractivity contribution in [1.82, 2.24) is 0 Å². The zero-order chi connectivity index (χ0) is 31.4. The summed E-state index contributed by atoms with van der Waals surface area (Å²) in [6, 6.07) is 34.0. The van der Waals surface area contributed by atoms with E-state index in [0.29, 0.717) is 5.56 Å². The zero-order valence-corrected chi connectivity index (χ0v) is 25.3. The first-order valence-electron chi connectivity index (χ1n) is 13.6. The van der Waals surface area contributed by atoms with Crippen LogP contribution in [0, 0.1) is 0 Å². The number of hydrogen-bond acceptors (Lipinski definition) is 6. The van der Waals surface area contributed by atoms with Crippen molar-refractivity contribution in [2.75, 3.05) is 21.3 Å². The molecule has 0 aliphatic rings. The van der Waals surface area contributed by atoms with E-state index in [4.69, 9.17) is 14.2 Å². The molecule has 5 aromatic carbocycles. The average molecular weight is 609 g/mol. The molecule has 236 valence electrons. The number of carbonyl (C=O) groups excluding carboxylic acids is 3. The van der Waals surface area contributed by atoms with Crippen molar-refractivity contribution in [3.63, 3.8) is 0 Å². The van der Waals surface area contributed by atoms with Gasteiger partial charge in [0.25, 0.3) is 0 Å². The molecule has 0 aromatic heterocycles. The molecule has 0 N–H and O–H groups in total. The standard InChI is InChI=1S/C15H14O2.C13H12O2.C9H10O2.2CH4/c1-11(16)12-3-5-13(6-4-12)14-7-9-15(17-2)10-8-14;1-9(14)10-3-4-12-8-13(15-2)6-5-11(12)7-10;1-7(10)8-3-5-9(11-2)6-4-8;;/h3-10H,1-2H3;3-8H,1-2H3;3-6H,1-2H3;2*1H4. The van der Waals surface area contributed by atoms with Crippen molar-refractivity contribution >= 4 is 28.1 Å². The first-order chi connectivity index (χ1) is 20.6. The largest absolute Gasteiger partial charge is 0.497 e. The van der Waals surface area contributed by atoms with Gasteiger partial charge in [-0.3, -0.25) is 14.4 Å². The van der Waals surface area contributed by atoms with Gasteiger partial charge in [-0.25, -0.2) is 0 Å². The normalized spacial score (nSPS) is 9.47. The molecule has 0 bridgehead atoms. The van der Waals surface area contributed by atoms with Gasteiger partial charge in [0.1, 0.15) is 17.2 Å². The van der Waals surface area contributed by atoms with Gasteiger partial charge in [0.15, 0.2) is 17.3 Å². The fraction of sp³-hybridized carbons (Fsp3) is 0.205. The summed E-state index contributed by atoms with van der Waals surface area (Å²) < 4.78 is 15.2. The van der Waals surface area contributed by atoms with Crippen LogP contribution in [-0.2, 0) is 0 Å². The molecule has 0 aliphatic heterocycles. The van der Waals surface area contributed by atoms with E-state index in [0.717, 1.165) is 50.3 Å².